The number of hydrogen-bond donors (Lipinski definition) is 0. The standard InChI is InChI=1S/C16H17F3N6S2/c1-2-3-10-8-11-12(20-9-21-13(11)26-10)24-4-6-25(7-5-24)15-23-22-14(27-15)16(17,18)19/h8-9H,2-7H2,1H3. The summed E-state index contributed by atoms with van der Waals surface area (Å²) in [7, 11) is 0. The third-order valence-corrected chi connectivity index (χ3v) is 6.49. The van der Waals surface area contributed by atoms with Gasteiger partial charge in [0.15, 0.2) is 0 Å². The van der Waals surface area contributed by atoms with Crippen LogP contribution < -0.4 is 9.80 Å². The van der Waals surface area contributed by atoms with E-state index < -0.39 is 11.2 Å². The Kier molecular flexibility index (Phi) is 4.89. The van der Waals surface area contributed by atoms with E-state index in [9.17, 15) is 13.2 Å². The van der Waals surface area contributed by atoms with Gasteiger partial charge in [-0.3, -0.25) is 0 Å². The molecule has 3 aromatic rings. The fourth-order valence-electron chi connectivity index (χ4n) is 3.08. The molecule has 0 spiro atoms. The third-order valence-electron chi connectivity index (χ3n) is 4.36. The second kappa shape index (κ2) is 7.19. The van der Waals surface area contributed by atoms with Crippen molar-refractivity contribution in [2.75, 3.05) is 36.0 Å². The number of anilines is 2. The lowest BCUT2D eigenvalue weighted by atomic mass is 10.2. The van der Waals surface area contributed by atoms with E-state index in [2.05, 4.69) is 38.1 Å². The fraction of sp³-hybridized carbons (Fsp3) is 0.500. The van der Waals surface area contributed by atoms with E-state index in [4.69, 9.17) is 0 Å². The van der Waals surface area contributed by atoms with Crippen LogP contribution in [0.1, 0.15) is 23.2 Å². The molecule has 144 valence electrons. The van der Waals surface area contributed by atoms with Crippen LogP contribution in [-0.4, -0.2) is 46.3 Å². The Hall–Kier alpha value is -2.01. The molecule has 11 heteroatoms. The van der Waals surface area contributed by atoms with E-state index in [1.807, 2.05) is 4.90 Å². The van der Waals surface area contributed by atoms with Gasteiger partial charge in [-0.1, -0.05) is 24.7 Å². The smallest absolute Gasteiger partial charge is 0.352 e. The van der Waals surface area contributed by atoms with Gasteiger partial charge >= 0.3 is 6.18 Å². The van der Waals surface area contributed by atoms with Gasteiger partial charge in [0.2, 0.25) is 10.1 Å². The molecule has 1 aliphatic rings. The minimum Gasteiger partial charge on any atom is -0.352 e. The molecule has 3 aromatic heterocycles. The summed E-state index contributed by atoms with van der Waals surface area (Å²) in [4.78, 5) is 15.1. The van der Waals surface area contributed by atoms with Gasteiger partial charge in [0.25, 0.3) is 0 Å². The van der Waals surface area contributed by atoms with Gasteiger partial charge in [-0.05, 0) is 12.5 Å². The molecule has 0 radical (unpaired) electrons. The molecule has 0 aromatic carbocycles. The first-order valence-electron chi connectivity index (χ1n) is 8.59. The van der Waals surface area contributed by atoms with Crippen LogP contribution in [0.2, 0.25) is 0 Å². The molecule has 6 nitrogen and oxygen atoms in total. The summed E-state index contributed by atoms with van der Waals surface area (Å²) in [5.41, 5.74) is 0. The molecule has 1 saturated heterocycles. The lowest BCUT2D eigenvalue weighted by molar-refractivity contribution is -0.138. The quantitative estimate of drug-likeness (QED) is 0.647. The molecule has 27 heavy (non-hydrogen) atoms. The topological polar surface area (TPSA) is 58.0 Å². The Morgan fingerprint density at radius 2 is 1.78 bits per heavy atom. The van der Waals surface area contributed by atoms with Gasteiger partial charge in [0, 0.05) is 31.1 Å². The monoisotopic (exact) mass is 414 g/mol. The van der Waals surface area contributed by atoms with Crippen LogP contribution in [0.4, 0.5) is 24.1 Å². The zero-order chi connectivity index (χ0) is 19.0. The van der Waals surface area contributed by atoms with Gasteiger partial charge in [-0.25, -0.2) is 9.97 Å². The normalized spacial score (nSPS) is 15.7. The maximum atomic E-state index is 12.7. The number of aromatic nitrogens is 4. The van der Waals surface area contributed by atoms with Crippen LogP contribution in [0.15, 0.2) is 12.4 Å². The molecule has 0 unspecified atom stereocenters. The van der Waals surface area contributed by atoms with E-state index in [0.29, 0.717) is 42.6 Å². The molecule has 0 N–H and O–H groups in total. The van der Waals surface area contributed by atoms with Gasteiger partial charge in [0.05, 0.1) is 5.39 Å². The van der Waals surface area contributed by atoms with Crippen LogP contribution in [0.3, 0.4) is 0 Å². The average molecular weight is 414 g/mol. The molecule has 4 heterocycles. The zero-order valence-electron chi connectivity index (χ0n) is 14.5. The second-order valence-electron chi connectivity index (χ2n) is 6.24. The van der Waals surface area contributed by atoms with Crippen molar-refractivity contribution in [2.45, 2.75) is 25.9 Å². The molecule has 0 saturated carbocycles. The van der Waals surface area contributed by atoms with Crippen molar-refractivity contribution in [1.82, 2.24) is 20.2 Å². The van der Waals surface area contributed by atoms with Crippen LogP contribution in [0.5, 0.6) is 0 Å². The van der Waals surface area contributed by atoms with Gasteiger partial charge < -0.3 is 9.80 Å². The number of aryl methyl sites for hydroxylation is 1. The molecular formula is C16H17F3N6S2. The number of thiophene rings is 1. The minimum absolute atomic E-state index is 0.315. The van der Waals surface area contributed by atoms with Crippen LogP contribution in [0.25, 0.3) is 10.2 Å². The number of halogens is 3. The molecular weight excluding hydrogens is 397 g/mol. The van der Waals surface area contributed by atoms with Crippen molar-refractivity contribution < 1.29 is 13.2 Å². The highest BCUT2D eigenvalue weighted by atomic mass is 32.1. The first kappa shape index (κ1) is 18.4. The largest absolute Gasteiger partial charge is 0.445 e. The molecule has 1 fully saturated rings. The van der Waals surface area contributed by atoms with Crippen LogP contribution >= 0.6 is 22.7 Å². The Labute approximate surface area is 161 Å². The Balaban J connectivity index is 1.49. The van der Waals surface area contributed by atoms with E-state index in [1.165, 1.54) is 4.88 Å². The van der Waals surface area contributed by atoms with E-state index in [1.54, 1.807) is 17.7 Å². The van der Waals surface area contributed by atoms with Crippen molar-refractivity contribution >= 4 is 43.8 Å². The molecule has 0 atom stereocenters. The van der Waals surface area contributed by atoms with Crippen LogP contribution in [-0.2, 0) is 12.6 Å². The molecule has 0 bridgehead atoms. The first-order valence-corrected chi connectivity index (χ1v) is 10.2. The molecule has 0 amide bonds. The Morgan fingerprint density at radius 3 is 2.44 bits per heavy atom. The summed E-state index contributed by atoms with van der Waals surface area (Å²) < 4.78 is 38.2. The van der Waals surface area contributed by atoms with E-state index in [-0.39, 0.29) is 0 Å². The molecule has 1 aliphatic heterocycles. The van der Waals surface area contributed by atoms with E-state index >= 15 is 0 Å². The number of alkyl halides is 3. The van der Waals surface area contributed by atoms with E-state index in [0.717, 1.165) is 28.9 Å². The van der Waals surface area contributed by atoms with Crippen molar-refractivity contribution in [2.24, 2.45) is 0 Å². The number of hydrogen-bond acceptors (Lipinski definition) is 8. The highest BCUT2D eigenvalue weighted by Crippen LogP contribution is 2.35. The maximum Gasteiger partial charge on any atom is 0.445 e. The lowest BCUT2D eigenvalue weighted by Crippen LogP contribution is -2.46. The van der Waals surface area contributed by atoms with Gasteiger partial charge in [-0.2, -0.15) is 13.2 Å². The Morgan fingerprint density at radius 1 is 1.04 bits per heavy atom. The first-order chi connectivity index (χ1) is 13.0. The van der Waals surface area contributed by atoms with Gasteiger partial charge in [-0.15, -0.1) is 21.5 Å². The highest BCUT2D eigenvalue weighted by Gasteiger charge is 2.36. The summed E-state index contributed by atoms with van der Waals surface area (Å²) in [5, 5.41) is 7.44. The van der Waals surface area contributed by atoms with Crippen LogP contribution in [0, 0.1) is 0 Å². The minimum atomic E-state index is -4.44. The third kappa shape index (κ3) is 3.70. The summed E-state index contributed by atoms with van der Waals surface area (Å²) in [6, 6.07) is 2.16. The molecule has 0 aliphatic carbocycles. The summed E-state index contributed by atoms with van der Waals surface area (Å²) in [6.07, 6.45) is -0.765. The second-order valence-corrected chi connectivity index (χ2v) is 8.31. The number of fused-ring (bicyclic) bond motifs is 1. The van der Waals surface area contributed by atoms with Crippen molar-refractivity contribution in [3.05, 3.63) is 22.3 Å². The predicted octanol–water partition coefficient (Wildman–Crippen LogP) is 3.84. The lowest BCUT2D eigenvalue weighted by Gasteiger charge is -2.35. The zero-order valence-corrected chi connectivity index (χ0v) is 16.2. The van der Waals surface area contributed by atoms with Crippen molar-refractivity contribution in [1.29, 1.82) is 0 Å². The average Bonchev–Trinajstić information content (AvgIpc) is 3.28. The number of rotatable bonds is 4. The maximum absolute atomic E-state index is 12.7. The predicted molar refractivity (Wildman–Crippen MR) is 101 cm³/mol. The van der Waals surface area contributed by atoms with Gasteiger partial charge in [0.1, 0.15) is 17.0 Å². The summed E-state index contributed by atoms with van der Waals surface area (Å²) in [6.45, 7) is 4.61. The van der Waals surface area contributed by atoms with Crippen molar-refractivity contribution in [3.63, 3.8) is 0 Å². The Bertz CT molecular complexity index is 930. The summed E-state index contributed by atoms with van der Waals surface area (Å²) >= 11 is 2.28. The summed E-state index contributed by atoms with van der Waals surface area (Å²) in [5.74, 6) is 0.895. The fourth-order valence-corrected chi connectivity index (χ4v) is 4.94. The van der Waals surface area contributed by atoms with Crippen molar-refractivity contribution in [3.8, 4) is 0 Å². The molecule has 4 rings (SSSR count). The highest BCUT2D eigenvalue weighted by molar-refractivity contribution is 7.18. The SMILES string of the molecule is CCCc1cc2c(N3CCN(c4nnc(C(F)(F)F)s4)CC3)ncnc2s1. The number of piperazine rings is 1. The number of nitrogens with zero attached hydrogens (tertiary/aromatic N) is 6.